The van der Waals surface area contributed by atoms with E-state index in [4.69, 9.17) is 4.74 Å². The van der Waals surface area contributed by atoms with Crippen molar-refractivity contribution in [2.24, 2.45) is 5.92 Å². The molecule has 0 radical (unpaired) electrons. The normalized spacial score (nSPS) is 17.4. The Morgan fingerprint density at radius 3 is 2.41 bits per heavy atom. The van der Waals surface area contributed by atoms with Crippen LogP contribution in [0, 0.1) is 19.8 Å². The highest BCUT2D eigenvalue weighted by molar-refractivity contribution is 6.51. The second-order valence-corrected chi connectivity index (χ2v) is 9.10. The Morgan fingerprint density at radius 2 is 1.71 bits per heavy atom. The number of aryl methyl sites for hydroxylation is 2. The van der Waals surface area contributed by atoms with Crippen LogP contribution in [0.15, 0.2) is 78.4 Å². The van der Waals surface area contributed by atoms with E-state index in [2.05, 4.69) is 13.8 Å². The van der Waals surface area contributed by atoms with Crippen LogP contribution in [-0.2, 0) is 9.59 Å². The summed E-state index contributed by atoms with van der Waals surface area (Å²) in [6.07, 6.45) is 0. The predicted octanol–water partition coefficient (Wildman–Crippen LogP) is 5.96. The first kappa shape index (κ1) is 23.3. The molecule has 3 aromatic rings. The van der Waals surface area contributed by atoms with Gasteiger partial charge in [-0.05, 0) is 49.1 Å². The summed E-state index contributed by atoms with van der Waals surface area (Å²) in [5.41, 5.74) is 3.77. The Bertz CT molecular complexity index is 1270. The lowest BCUT2D eigenvalue weighted by Crippen LogP contribution is -2.30. The van der Waals surface area contributed by atoms with Gasteiger partial charge in [-0.2, -0.15) is 0 Å². The van der Waals surface area contributed by atoms with Crippen molar-refractivity contribution < 1.29 is 19.4 Å². The summed E-state index contributed by atoms with van der Waals surface area (Å²) in [6, 6.07) is 21.4. The summed E-state index contributed by atoms with van der Waals surface area (Å²) < 4.78 is 5.81. The minimum Gasteiger partial charge on any atom is -0.507 e. The topological polar surface area (TPSA) is 66.8 Å². The van der Waals surface area contributed by atoms with Crippen LogP contribution in [0.1, 0.15) is 42.1 Å². The molecule has 1 aliphatic heterocycles. The first-order chi connectivity index (χ1) is 16.3. The third kappa shape index (κ3) is 4.46. The summed E-state index contributed by atoms with van der Waals surface area (Å²) in [6.45, 7) is 8.50. The molecule has 0 aromatic heterocycles. The number of aliphatic hydroxyl groups is 1. The first-order valence-corrected chi connectivity index (χ1v) is 11.4. The summed E-state index contributed by atoms with van der Waals surface area (Å²) >= 11 is 0. The lowest BCUT2D eigenvalue weighted by molar-refractivity contribution is -0.132. The number of nitrogens with zero attached hydrogens (tertiary/aromatic N) is 1. The highest BCUT2D eigenvalue weighted by Crippen LogP contribution is 2.43. The number of carbonyl (C=O) groups excluding carboxylic acids is 2. The van der Waals surface area contributed by atoms with Crippen LogP contribution in [0.4, 0.5) is 5.69 Å². The van der Waals surface area contributed by atoms with Crippen molar-refractivity contribution in [2.45, 2.75) is 33.7 Å². The number of rotatable bonds is 6. The van der Waals surface area contributed by atoms with E-state index in [0.29, 0.717) is 29.5 Å². The SMILES string of the molecule is Cc1cccc(C2/C(=C(/O)c3cccc(OCC(C)C)c3)C(=O)C(=O)N2c2ccccc2C)c1. The van der Waals surface area contributed by atoms with Crippen LogP contribution in [-0.4, -0.2) is 23.4 Å². The van der Waals surface area contributed by atoms with Crippen molar-refractivity contribution in [3.05, 3.63) is 101 Å². The molecular weight excluding hydrogens is 426 g/mol. The number of para-hydroxylation sites is 1. The summed E-state index contributed by atoms with van der Waals surface area (Å²) in [7, 11) is 0. The molecule has 1 unspecified atom stereocenters. The van der Waals surface area contributed by atoms with Gasteiger partial charge in [-0.1, -0.05) is 74.0 Å². The van der Waals surface area contributed by atoms with Crippen LogP contribution in [0.25, 0.3) is 5.76 Å². The van der Waals surface area contributed by atoms with E-state index >= 15 is 0 Å². The number of hydrogen-bond acceptors (Lipinski definition) is 4. The molecule has 5 heteroatoms. The van der Waals surface area contributed by atoms with Gasteiger partial charge in [0.25, 0.3) is 11.7 Å². The fourth-order valence-corrected chi connectivity index (χ4v) is 4.22. The highest BCUT2D eigenvalue weighted by atomic mass is 16.5. The van der Waals surface area contributed by atoms with Gasteiger partial charge in [0.15, 0.2) is 0 Å². The maximum Gasteiger partial charge on any atom is 0.300 e. The van der Waals surface area contributed by atoms with Gasteiger partial charge in [0.2, 0.25) is 0 Å². The number of Topliss-reactive ketones (excluding diaryl/α,β-unsaturated/α-hetero) is 1. The third-order valence-electron chi connectivity index (χ3n) is 5.87. The molecule has 0 saturated carbocycles. The molecule has 3 aromatic carbocycles. The van der Waals surface area contributed by atoms with E-state index in [9.17, 15) is 14.7 Å². The van der Waals surface area contributed by atoms with E-state index in [1.54, 1.807) is 18.2 Å². The second-order valence-electron chi connectivity index (χ2n) is 9.10. The quantitative estimate of drug-likeness (QED) is 0.283. The van der Waals surface area contributed by atoms with Gasteiger partial charge in [-0.3, -0.25) is 14.5 Å². The Labute approximate surface area is 200 Å². The number of amides is 1. The zero-order valence-corrected chi connectivity index (χ0v) is 19.9. The van der Waals surface area contributed by atoms with Crippen molar-refractivity contribution in [1.29, 1.82) is 0 Å². The van der Waals surface area contributed by atoms with Gasteiger partial charge >= 0.3 is 0 Å². The summed E-state index contributed by atoms with van der Waals surface area (Å²) in [5, 5.41) is 11.4. The molecule has 174 valence electrons. The van der Waals surface area contributed by atoms with Crippen molar-refractivity contribution in [3.63, 3.8) is 0 Å². The van der Waals surface area contributed by atoms with Crippen LogP contribution in [0.3, 0.4) is 0 Å². The largest absolute Gasteiger partial charge is 0.507 e. The molecule has 0 bridgehead atoms. The van der Waals surface area contributed by atoms with E-state index in [0.717, 1.165) is 16.7 Å². The summed E-state index contributed by atoms with van der Waals surface area (Å²) in [4.78, 5) is 28.2. The number of anilines is 1. The Kier molecular flexibility index (Phi) is 6.55. The molecule has 1 heterocycles. The average molecular weight is 456 g/mol. The number of carbonyl (C=O) groups is 2. The van der Waals surface area contributed by atoms with Gasteiger partial charge in [-0.25, -0.2) is 0 Å². The van der Waals surface area contributed by atoms with Crippen LogP contribution < -0.4 is 9.64 Å². The van der Waals surface area contributed by atoms with Crippen molar-refractivity contribution in [3.8, 4) is 5.75 Å². The molecule has 5 nitrogen and oxygen atoms in total. The average Bonchev–Trinajstić information content (AvgIpc) is 3.08. The molecular formula is C29H29NO4. The standard InChI is InChI=1S/C29H29NO4/c1-18(2)17-34-23-13-8-12-22(16-23)27(31)25-26(21-11-7-9-19(3)15-21)30(29(33)28(25)32)24-14-6-5-10-20(24)4/h5-16,18,26,31H,17H2,1-4H3/b27-25-. The molecule has 4 rings (SSSR count). The third-order valence-corrected chi connectivity index (χ3v) is 5.87. The number of ketones is 1. The zero-order chi connectivity index (χ0) is 24.4. The molecule has 0 aliphatic carbocycles. The van der Waals surface area contributed by atoms with E-state index in [-0.39, 0.29) is 11.3 Å². The number of hydrogen-bond donors (Lipinski definition) is 1. The summed E-state index contributed by atoms with van der Waals surface area (Å²) in [5.74, 6) is -0.637. The molecule has 1 amide bonds. The van der Waals surface area contributed by atoms with Crippen LogP contribution >= 0.6 is 0 Å². The second kappa shape index (κ2) is 9.56. The van der Waals surface area contributed by atoms with Crippen molar-refractivity contribution in [1.82, 2.24) is 0 Å². The lowest BCUT2D eigenvalue weighted by Gasteiger charge is -2.27. The molecule has 1 atom stereocenters. The van der Waals surface area contributed by atoms with Crippen molar-refractivity contribution >= 4 is 23.1 Å². The van der Waals surface area contributed by atoms with E-state index in [1.807, 2.05) is 68.4 Å². The monoisotopic (exact) mass is 455 g/mol. The zero-order valence-electron chi connectivity index (χ0n) is 19.9. The van der Waals surface area contributed by atoms with E-state index < -0.39 is 17.7 Å². The van der Waals surface area contributed by atoms with Crippen LogP contribution in [0.5, 0.6) is 5.75 Å². The Balaban J connectivity index is 1.89. The lowest BCUT2D eigenvalue weighted by atomic mass is 9.94. The molecule has 1 aliphatic rings. The molecule has 1 saturated heterocycles. The van der Waals surface area contributed by atoms with Gasteiger partial charge in [0, 0.05) is 11.3 Å². The smallest absolute Gasteiger partial charge is 0.300 e. The predicted molar refractivity (Wildman–Crippen MR) is 134 cm³/mol. The molecule has 1 N–H and O–H groups in total. The van der Waals surface area contributed by atoms with Gasteiger partial charge in [0.1, 0.15) is 11.5 Å². The van der Waals surface area contributed by atoms with Gasteiger partial charge in [-0.15, -0.1) is 0 Å². The van der Waals surface area contributed by atoms with Gasteiger partial charge < -0.3 is 9.84 Å². The van der Waals surface area contributed by atoms with Crippen LogP contribution in [0.2, 0.25) is 0 Å². The molecule has 34 heavy (non-hydrogen) atoms. The Morgan fingerprint density at radius 1 is 0.971 bits per heavy atom. The first-order valence-electron chi connectivity index (χ1n) is 11.4. The Hall–Kier alpha value is -3.86. The number of benzene rings is 3. The maximum atomic E-state index is 13.3. The highest BCUT2D eigenvalue weighted by Gasteiger charge is 2.47. The minimum absolute atomic E-state index is 0.0693. The fourth-order valence-electron chi connectivity index (χ4n) is 4.22. The number of aliphatic hydroxyl groups excluding tert-OH is 1. The molecule has 0 spiro atoms. The van der Waals surface area contributed by atoms with E-state index in [1.165, 1.54) is 4.90 Å². The number of ether oxygens (including phenoxy) is 1. The maximum absolute atomic E-state index is 13.3. The minimum atomic E-state index is -0.749. The molecule has 1 fully saturated rings. The van der Waals surface area contributed by atoms with Crippen molar-refractivity contribution in [2.75, 3.05) is 11.5 Å². The fraction of sp³-hybridized carbons (Fsp3) is 0.241. The van der Waals surface area contributed by atoms with Gasteiger partial charge in [0.05, 0.1) is 18.2 Å².